The minimum atomic E-state index is 0.633. The summed E-state index contributed by atoms with van der Waals surface area (Å²) in [5, 5.41) is 0. The summed E-state index contributed by atoms with van der Waals surface area (Å²) in [4.78, 5) is 2.56. The summed E-state index contributed by atoms with van der Waals surface area (Å²) < 4.78 is 11.3. The third-order valence-electron chi connectivity index (χ3n) is 3.75. The van der Waals surface area contributed by atoms with Crippen LogP contribution in [0.3, 0.4) is 0 Å². The molecule has 0 N–H and O–H groups in total. The molecule has 3 nitrogen and oxygen atoms in total. The Balaban J connectivity index is 1.49. The first-order valence-corrected chi connectivity index (χ1v) is 6.45. The van der Waals surface area contributed by atoms with E-state index in [-0.39, 0.29) is 0 Å². The van der Waals surface area contributed by atoms with Crippen molar-refractivity contribution in [3.63, 3.8) is 0 Å². The maximum absolute atomic E-state index is 5.75. The molecule has 0 aliphatic carbocycles. The Bertz CT molecular complexity index is 338. The van der Waals surface area contributed by atoms with Crippen LogP contribution in [-0.2, 0) is 4.74 Å². The van der Waals surface area contributed by atoms with E-state index in [0.29, 0.717) is 12.1 Å². The summed E-state index contributed by atoms with van der Waals surface area (Å²) in [6.45, 7) is 3.61. The van der Waals surface area contributed by atoms with Gasteiger partial charge in [-0.25, -0.2) is 0 Å². The number of morpholine rings is 1. The fourth-order valence-corrected chi connectivity index (χ4v) is 2.86. The van der Waals surface area contributed by atoms with Crippen molar-refractivity contribution in [2.75, 3.05) is 26.4 Å². The van der Waals surface area contributed by atoms with Crippen LogP contribution in [0.2, 0.25) is 0 Å². The Morgan fingerprint density at radius 3 is 2.53 bits per heavy atom. The molecule has 3 heteroatoms. The molecule has 1 aromatic rings. The molecule has 2 aliphatic heterocycles. The Kier molecular flexibility index (Phi) is 3.29. The van der Waals surface area contributed by atoms with Gasteiger partial charge in [0, 0.05) is 18.6 Å². The van der Waals surface area contributed by atoms with Crippen LogP contribution >= 0.6 is 0 Å². The largest absolute Gasteiger partial charge is 0.492 e. The monoisotopic (exact) mass is 233 g/mol. The van der Waals surface area contributed by atoms with E-state index in [1.165, 1.54) is 12.8 Å². The molecule has 2 fully saturated rings. The molecule has 0 radical (unpaired) electrons. The highest BCUT2D eigenvalue weighted by Crippen LogP contribution is 2.28. The summed E-state index contributed by atoms with van der Waals surface area (Å²) in [7, 11) is 0. The van der Waals surface area contributed by atoms with Crippen molar-refractivity contribution in [1.29, 1.82) is 0 Å². The number of nitrogens with zero attached hydrogens (tertiary/aromatic N) is 1. The van der Waals surface area contributed by atoms with Crippen molar-refractivity contribution in [2.24, 2.45) is 0 Å². The minimum absolute atomic E-state index is 0.633. The molecule has 0 aromatic heterocycles. The van der Waals surface area contributed by atoms with Crippen molar-refractivity contribution < 1.29 is 9.47 Å². The number of ether oxygens (including phenoxy) is 2. The Morgan fingerprint density at radius 2 is 1.82 bits per heavy atom. The van der Waals surface area contributed by atoms with Gasteiger partial charge in [-0.05, 0) is 25.0 Å². The predicted octanol–water partition coefficient (Wildman–Crippen LogP) is 1.93. The van der Waals surface area contributed by atoms with Gasteiger partial charge in [0.25, 0.3) is 0 Å². The number of hydrogen-bond acceptors (Lipinski definition) is 3. The fourth-order valence-electron chi connectivity index (χ4n) is 2.86. The van der Waals surface area contributed by atoms with Gasteiger partial charge >= 0.3 is 0 Å². The minimum Gasteiger partial charge on any atom is -0.492 e. The molecule has 2 bridgehead atoms. The molecule has 1 aromatic carbocycles. The lowest BCUT2D eigenvalue weighted by molar-refractivity contribution is -0.0190. The van der Waals surface area contributed by atoms with E-state index in [1.807, 2.05) is 30.3 Å². The average Bonchev–Trinajstić information content (AvgIpc) is 2.61. The van der Waals surface area contributed by atoms with E-state index in [1.54, 1.807) is 0 Å². The van der Waals surface area contributed by atoms with Crippen molar-refractivity contribution in [1.82, 2.24) is 4.90 Å². The lowest BCUT2D eigenvalue weighted by Crippen LogP contribution is -2.47. The maximum Gasteiger partial charge on any atom is 0.119 e. The zero-order chi connectivity index (χ0) is 11.5. The Morgan fingerprint density at radius 1 is 1.12 bits per heavy atom. The van der Waals surface area contributed by atoms with Crippen LogP contribution in [-0.4, -0.2) is 43.3 Å². The van der Waals surface area contributed by atoms with Gasteiger partial charge in [0.15, 0.2) is 0 Å². The van der Waals surface area contributed by atoms with Gasteiger partial charge < -0.3 is 9.47 Å². The molecule has 17 heavy (non-hydrogen) atoms. The van der Waals surface area contributed by atoms with E-state index in [2.05, 4.69) is 4.90 Å². The first kappa shape index (κ1) is 11.1. The van der Waals surface area contributed by atoms with E-state index in [9.17, 15) is 0 Å². The molecule has 2 saturated heterocycles. The van der Waals surface area contributed by atoms with Gasteiger partial charge in [-0.15, -0.1) is 0 Å². The van der Waals surface area contributed by atoms with Gasteiger partial charge in [0.1, 0.15) is 12.4 Å². The molecule has 0 saturated carbocycles. The highest BCUT2D eigenvalue weighted by molar-refractivity contribution is 5.20. The third-order valence-corrected chi connectivity index (χ3v) is 3.75. The summed E-state index contributed by atoms with van der Waals surface area (Å²) in [6, 6.07) is 11.3. The normalized spacial score (nSPS) is 28.2. The van der Waals surface area contributed by atoms with Crippen molar-refractivity contribution in [3.8, 4) is 5.75 Å². The number of rotatable bonds is 4. The van der Waals surface area contributed by atoms with E-state index < -0.39 is 0 Å². The molecule has 2 heterocycles. The quantitative estimate of drug-likeness (QED) is 0.793. The zero-order valence-corrected chi connectivity index (χ0v) is 10.0. The second-order valence-corrected chi connectivity index (χ2v) is 4.82. The third kappa shape index (κ3) is 2.45. The lowest BCUT2D eigenvalue weighted by atomic mass is 10.2. The van der Waals surface area contributed by atoms with Crippen LogP contribution in [0.5, 0.6) is 5.75 Å². The number of fused-ring (bicyclic) bond motifs is 2. The van der Waals surface area contributed by atoms with Gasteiger partial charge in [0.05, 0.1) is 13.2 Å². The summed E-state index contributed by atoms with van der Waals surface area (Å²) >= 11 is 0. The van der Waals surface area contributed by atoms with Crippen LogP contribution in [0.15, 0.2) is 30.3 Å². The molecule has 0 amide bonds. The summed E-state index contributed by atoms with van der Waals surface area (Å²) in [5.41, 5.74) is 0. The smallest absolute Gasteiger partial charge is 0.119 e. The van der Waals surface area contributed by atoms with Gasteiger partial charge in [-0.1, -0.05) is 18.2 Å². The number of para-hydroxylation sites is 1. The van der Waals surface area contributed by atoms with Crippen LogP contribution in [0.4, 0.5) is 0 Å². The summed E-state index contributed by atoms with van der Waals surface area (Å²) in [6.07, 6.45) is 2.58. The summed E-state index contributed by atoms with van der Waals surface area (Å²) in [5.74, 6) is 0.966. The highest BCUT2D eigenvalue weighted by atomic mass is 16.5. The molecule has 92 valence electrons. The standard InChI is InChI=1S/C14H19NO2/c1-2-4-14(5-3-1)17-9-8-15-12-6-7-13(15)11-16-10-12/h1-5,12-13H,6-11H2. The van der Waals surface area contributed by atoms with Crippen molar-refractivity contribution in [3.05, 3.63) is 30.3 Å². The number of benzene rings is 1. The molecule has 2 atom stereocenters. The molecule has 2 aliphatic rings. The van der Waals surface area contributed by atoms with Crippen LogP contribution in [0.1, 0.15) is 12.8 Å². The van der Waals surface area contributed by atoms with Gasteiger partial charge in [-0.2, -0.15) is 0 Å². The second-order valence-electron chi connectivity index (χ2n) is 4.82. The van der Waals surface area contributed by atoms with Crippen LogP contribution < -0.4 is 4.74 Å². The Labute approximate surface area is 102 Å². The first-order valence-electron chi connectivity index (χ1n) is 6.45. The fraction of sp³-hybridized carbons (Fsp3) is 0.571. The van der Waals surface area contributed by atoms with Gasteiger partial charge in [-0.3, -0.25) is 4.90 Å². The highest BCUT2D eigenvalue weighted by Gasteiger charge is 2.36. The topological polar surface area (TPSA) is 21.7 Å². The molecule has 0 spiro atoms. The Hall–Kier alpha value is -1.06. The second kappa shape index (κ2) is 5.07. The first-order chi connectivity index (χ1) is 8.43. The predicted molar refractivity (Wildman–Crippen MR) is 66.3 cm³/mol. The molecular weight excluding hydrogens is 214 g/mol. The van der Waals surface area contributed by atoms with Gasteiger partial charge in [0.2, 0.25) is 0 Å². The molecule has 2 unspecified atom stereocenters. The van der Waals surface area contributed by atoms with E-state index >= 15 is 0 Å². The number of hydrogen-bond donors (Lipinski definition) is 0. The van der Waals surface area contributed by atoms with Crippen LogP contribution in [0.25, 0.3) is 0 Å². The molecular formula is C14H19NO2. The molecule has 3 rings (SSSR count). The van der Waals surface area contributed by atoms with Crippen LogP contribution in [0, 0.1) is 0 Å². The average molecular weight is 233 g/mol. The lowest BCUT2D eigenvalue weighted by Gasteiger charge is -2.34. The van der Waals surface area contributed by atoms with E-state index in [4.69, 9.17) is 9.47 Å². The maximum atomic E-state index is 5.75. The van der Waals surface area contributed by atoms with Crippen molar-refractivity contribution in [2.45, 2.75) is 24.9 Å². The van der Waals surface area contributed by atoms with Crippen molar-refractivity contribution >= 4 is 0 Å². The van der Waals surface area contributed by atoms with E-state index in [0.717, 1.165) is 32.1 Å². The SMILES string of the molecule is c1ccc(OCCN2C3CCC2COC3)cc1. The zero-order valence-electron chi connectivity index (χ0n) is 10.0.